The minimum Gasteiger partial charge on any atom is -0.435 e. The Hall–Kier alpha value is -1.56. The molecular formula is C22H35N2O6S3+. The van der Waals surface area contributed by atoms with Crippen LogP contribution in [0, 0.1) is 5.92 Å². The number of hydrogen-bond acceptors (Lipinski definition) is 9. The van der Waals surface area contributed by atoms with Crippen LogP contribution >= 0.6 is 33.3 Å². The van der Waals surface area contributed by atoms with Crippen molar-refractivity contribution < 1.29 is 34.3 Å². The number of ether oxygens (including phenoxy) is 3. The molecule has 186 valence electrons. The van der Waals surface area contributed by atoms with Crippen LogP contribution < -0.4 is 11.1 Å². The quantitative estimate of drug-likeness (QED) is 0.147. The Kier molecular flexibility index (Phi) is 15.9. The van der Waals surface area contributed by atoms with Gasteiger partial charge in [-0.3, -0.25) is 9.59 Å². The molecule has 8 nitrogen and oxygen atoms in total. The van der Waals surface area contributed by atoms with Crippen LogP contribution in [0.3, 0.4) is 0 Å². The van der Waals surface area contributed by atoms with E-state index in [0.717, 1.165) is 23.5 Å². The van der Waals surface area contributed by atoms with Crippen molar-refractivity contribution in [2.24, 2.45) is 5.92 Å². The molecule has 0 bridgehead atoms. The van der Waals surface area contributed by atoms with E-state index in [4.69, 9.17) is 9.47 Å². The van der Waals surface area contributed by atoms with Crippen molar-refractivity contribution in [2.75, 3.05) is 36.7 Å². The SMILES string of the molecule is CCOC(=O)OC(C)OC(=O)CNC(=O)C(CSSC[C@@H]([NH3+])CCSC)Cc1ccccc1. The molecule has 1 rings (SSSR count). The fraction of sp³-hybridized carbons (Fsp3) is 0.591. The largest absolute Gasteiger partial charge is 0.511 e. The molecule has 0 saturated carbocycles. The summed E-state index contributed by atoms with van der Waals surface area (Å²) >= 11 is 1.82. The summed E-state index contributed by atoms with van der Waals surface area (Å²) in [4.78, 5) is 36.1. The predicted molar refractivity (Wildman–Crippen MR) is 135 cm³/mol. The van der Waals surface area contributed by atoms with E-state index < -0.39 is 18.4 Å². The van der Waals surface area contributed by atoms with E-state index in [1.807, 2.05) is 42.1 Å². The summed E-state index contributed by atoms with van der Waals surface area (Å²) in [7, 11) is 3.37. The van der Waals surface area contributed by atoms with Gasteiger partial charge in [0, 0.05) is 19.1 Å². The first kappa shape index (κ1) is 29.5. The first-order valence-electron chi connectivity index (χ1n) is 10.8. The highest BCUT2D eigenvalue weighted by atomic mass is 33.1. The van der Waals surface area contributed by atoms with Crippen LogP contribution in [0.15, 0.2) is 30.3 Å². The number of thioether (sulfide) groups is 1. The monoisotopic (exact) mass is 519 g/mol. The minimum absolute atomic E-state index is 0.155. The van der Waals surface area contributed by atoms with Crippen molar-refractivity contribution in [1.29, 1.82) is 0 Å². The Morgan fingerprint density at radius 2 is 1.79 bits per heavy atom. The summed E-state index contributed by atoms with van der Waals surface area (Å²) in [5, 5.41) is 2.64. The third-order valence-electron chi connectivity index (χ3n) is 4.31. The normalized spacial score (nSPS) is 13.5. The molecular weight excluding hydrogens is 484 g/mol. The zero-order valence-corrected chi connectivity index (χ0v) is 21.9. The molecule has 1 aromatic rings. The number of nitrogens with one attached hydrogen (secondary N) is 1. The average Bonchev–Trinajstić information content (AvgIpc) is 2.78. The van der Waals surface area contributed by atoms with Crippen molar-refractivity contribution in [3.8, 4) is 0 Å². The van der Waals surface area contributed by atoms with Gasteiger partial charge in [-0.05, 0) is 30.9 Å². The molecule has 0 fully saturated rings. The van der Waals surface area contributed by atoms with Crippen LogP contribution in [-0.2, 0) is 30.2 Å². The molecule has 4 N–H and O–H groups in total. The highest BCUT2D eigenvalue weighted by Gasteiger charge is 2.22. The number of carbonyl (C=O) groups is 3. The first-order valence-corrected chi connectivity index (χ1v) is 14.6. The van der Waals surface area contributed by atoms with Crippen molar-refractivity contribution >= 4 is 51.4 Å². The zero-order chi connectivity index (χ0) is 24.5. The molecule has 2 unspecified atom stereocenters. The van der Waals surface area contributed by atoms with Gasteiger partial charge in [-0.1, -0.05) is 51.9 Å². The fourth-order valence-corrected chi connectivity index (χ4v) is 5.81. The van der Waals surface area contributed by atoms with E-state index in [1.54, 1.807) is 28.5 Å². The summed E-state index contributed by atoms with van der Waals surface area (Å²) in [5.74, 6) is 1.40. The fourth-order valence-electron chi connectivity index (χ4n) is 2.61. The lowest BCUT2D eigenvalue weighted by atomic mass is 10.0. The van der Waals surface area contributed by atoms with Gasteiger partial charge in [0.1, 0.15) is 6.54 Å². The molecule has 0 radical (unpaired) electrons. The van der Waals surface area contributed by atoms with E-state index in [0.29, 0.717) is 18.2 Å². The number of rotatable bonds is 16. The van der Waals surface area contributed by atoms with Crippen LogP contribution in [0.2, 0.25) is 0 Å². The number of benzene rings is 1. The molecule has 33 heavy (non-hydrogen) atoms. The third-order valence-corrected chi connectivity index (χ3v) is 7.58. The number of hydrogen-bond donors (Lipinski definition) is 2. The van der Waals surface area contributed by atoms with Crippen molar-refractivity contribution in [1.82, 2.24) is 5.32 Å². The standard InChI is InChI=1S/C22H34N2O6S3/c1-4-28-22(27)30-16(2)29-20(25)13-24-21(26)18(12-17-8-6-5-7-9-17)14-32-33-15-19(23)10-11-31-3/h5-9,16,18-19H,4,10-15,23H2,1-3H3,(H,24,26)/p+1/t16?,18?,19-/m0/s1. The van der Waals surface area contributed by atoms with Gasteiger partial charge in [-0.25, -0.2) is 4.79 Å². The van der Waals surface area contributed by atoms with E-state index in [-0.39, 0.29) is 25.0 Å². The summed E-state index contributed by atoms with van der Waals surface area (Å²) in [6, 6.07) is 10.2. The molecule has 0 aliphatic carbocycles. The maximum absolute atomic E-state index is 12.8. The summed E-state index contributed by atoms with van der Waals surface area (Å²) in [6.07, 6.45) is 1.70. The first-order chi connectivity index (χ1) is 15.8. The Balaban J connectivity index is 2.52. The van der Waals surface area contributed by atoms with Crippen molar-refractivity contribution in [3.63, 3.8) is 0 Å². The van der Waals surface area contributed by atoms with Gasteiger partial charge in [0.2, 0.25) is 12.2 Å². The highest BCUT2D eigenvalue weighted by Crippen LogP contribution is 2.26. The van der Waals surface area contributed by atoms with E-state index in [9.17, 15) is 14.4 Å². The second-order valence-corrected chi connectivity index (χ2v) is 10.7. The third kappa shape index (κ3) is 14.3. The summed E-state index contributed by atoms with van der Waals surface area (Å²) < 4.78 is 14.4. The molecule has 11 heteroatoms. The lowest BCUT2D eigenvalue weighted by molar-refractivity contribution is -0.412. The molecule has 0 aliphatic rings. The molecule has 1 amide bonds. The second kappa shape index (κ2) is 17.9. The van der Waals surface area contributed by atoms with E-state index >= 15 is 0 Å². The number of quaternary nitrogens is 1. The number of amides is 1. The molecule has 0 aromatic heterocycles. The van der Waals surface area contributed by atoms with Gasteiger partial charge in [0.25, 0.3) is 0 Å². The van der Waals surface area contributed by atoms with E-state index in [1.165, 1.54) is 6.92 Å². The van der Waals surface area contributed by atoms with Crippen LogP contribution in [0.5, 0.6) is 0 Å². The van der Waals surface area contributed by atoms with Crippen LogP contribution in [0.1, 0.15) is 25.8 Å². The van der Waals surface area contributed by atoms with Crippen LogP contribution in [0.4, 0.5) is 4.79 Å². The maximum Gasteiger partial charge on any atom is 0.511 e. The van der Waals surface area contributed by atoms with Crippen molar-refractivity contribution in [2.45, 2.75) is 39.0 Å². The summed E-state index contributed by atoms with van der Waals surface area (Å²) in [6.45, 7) is 2.88. The van der Waals surface area contributed by atoms with Gasteiger partial charge in [0.15, 0.2) is 0 Å². The topological polar surface area (TPSA) is 119 Å². The minimum atomic E-state index is -1.11. The Bertz CT molecular complexity index is 711. The van der Waals surface area contributed by atoms with Crippen LogP contribution in [-0.4, -0.2) is 67.0 Å². The predicted octanol–water partition coefficient (Wildman–Crippen LogP) is 2.77. The maximum atomic E-state index is 12.8. The molecule has 0 spiro atoms. The van der Waals surface area contributed by atoms with Gasteiger partial charge >= 0.3 is 12.1 Å². The van der Waals surface area contributed by atoms with Crippen LogP contribution in [0.25, 0.3) is 0 Å². The summed E-state index contributed by atoms with van der Waals surface area (Å²) in [5.41, 5.74) is 5.23. The molecule has 3 atom stereocenters. The van der Waals surface area contributed by atoms with Gasteiger partial charge in [-0.15, -0.1) is 0 Å². The highest BCUT2D eigenvalue weighted by molar-refractivity contribution is 8.76. The van der Waals surface area contributed by atoms with E-state index in [2.05, 4.69) is 22.0 Å². The number of carbonyl (C=O) groups excluding carboxylic acids is 3. The Labute approximate surface area is 208 Å². The Morgan fingerprint density at radius 3 is 2.45 bits per heavy atom. The smallest absolute Gasteiger partial charge is 0.435 e. The number of esters is 1. The average molecular weight is 520 g/mol. The van der Waals surface area contributed by atoms with Gasteiger partial charge in [0.05, 0.1) is 24.3 Å². The molecule has 0 aliphatic heterocycles. The van der Waals surface area contributed by atoms with Crippen molar-refractivity contribution in [3.05, 3.63) is 35.9 Å². The zero-order valence-electron chi connectivity index (χ0n) is 19.4. The lowest BCUT2D eigenvalue weighted by Gasteiger charge is -2.17. The Morgan fingerprint density at radius 1 is 1.09 bits per heavy atom. The lowest BCUT2D eigenvalue weighted by Crippen LogP contribution is -2.62. The van der Waals surface area contributed by atoms with Gasteiger partial charge < -0.3 is 25.3 Å². The van der Waals surface area contributed by atoms with Gasteiger partial charge in [-0.2, -0.15) is 11.8 Å². The molecule has 1 aromatic carbocycles. The molecule has 0 saturated heterocycles. The second-order valence-electron chi connectivity index (χ2n) is 7.18. The molecule has 0 heterocycles.